The Labute approximate surface area is 137 Å². The summed E-state index contributed by atoms with van der Waals surface area (Å²) in [6, 6.07) is 21.7. The molecule has 0 saturated heterocycles. The van der Waals surface area contributed by atoms with E-state index in [0.29, 0.717) is 5.92 Å². The lowest BCUT2D eigenvalue weighted by atomic mass is 9.85. The van der Waals surface area contributed by atoms with E-state index < -0.39 is 0 Å². The summed E-state index contributed by atoms with van der Waals surface area (Å²) in [5.41, 5.74) is 2.81. The van der Waals surface area contributed by atoms with Crippen molar-refractivity contribution in [1.82, 2.24) is 0 Å². The van der Waals surface area contributed by atoms with Crippen LogP contribution in [-0.4, -0.2) is 3.23 Å². The first-order valence-corrected chi connectivity index (χ1v) is 8.73. The van der Waals surface area contributed by atoms with E-state index in [1.165, 1.54) is 24.0 Å². The van der Waals surface area contributed by atoms with Crippen molar-refractivity contribution in [3.8, 4) is 0 Å². The number of benzene rings is 2. The monoisotopic (exact) mass is 392 g/mol. The molecule has 1 aliphatic rings. The Bertz CT molecular complexity index is 535. The average Bonchev–Trinajstić information content (AvgIpc) is 2.98. The van der Waals surface area contributed by atoms with Gasteiger partial charge in [-0.2, -0.15) is 0 Å². The van der Waals surface area contributed by atoms with Crippen molar-refractivity contribution in [1.29, 1.82) is 0 Å². The van der Waals surface area contributed by atoms with Gasteiger partial charge in [-0.15, -0.1) is 0 Å². The van der Waals surface area contributed by atoms with Crippen molar-refractivity contribution in [2.75, 3.05) is 0 Å². The molecule has 0 bridgehead atoms. The van der Waals surface area contributed by atoms with Crippen LogP contribution in [0.15, 0.2) is 60.7 Å². The van der Waals surface area contributed by atoms with Gasteiger partial charge in [0.25, 0.3) is 0 Å². The minimum Gasteiger partial charge on any atom is -0.0710 e. The van der Waals surface area contributed by atoms with E-state index >= 15 is 0 Å². The highest BCUT2D eigenvalue weighted by atomic mass is 79.9. The minimum atomic E-state index is -0.0360. The highest BCUT2D eigenvalue weighted by molar-refractivity contribution is 9.25. The molecule has 0 aromatic heterocycles. The van der Waals surface area contributed by atoms with Crippen LogP contribution in [0.4, 0.5) is 0 Å². The molecule has 0 nitrogen and oxygen atoms in total. The molecule has 20 heavy (non-hydrogen) atoms. The molecular formula is C18H18Br2. The number of rotatable bonds is 4. The largest absolute Gasteiger partial charge is 0.0985 e. The third kappa shape index (κ3) is 1.92. The number of hydrogen-bond donors (Lipinski definition) is 0. The standard InChI is InChI=1S/C18H18Br2/c1-2-9-16-17(18(16,19)20,14-10-5-3-6-11-14)15-12-7-4-8-13-15/h3-8,10-13,16H,2,9H2,1H3. The number of alkyl halides is 2. The predicted octanol–water partition coefficient (Wildman–Crippen LogP) is 5.89. The Morgan fingerprint density at radius 3 is 1.70 bits per heavy atom. The second-order valence-corrected chi connectivity index (χ2v) is 9.07. The van der Waals surface area contributed by atoms with E-state index in [1.807, 2.05) is 0 Å². The van der Waals surface area contributed by atoms with E-state index in [4.69, 9.17) is 0 Å². The SMILES string of the molecule is CCCC1C(Br)(Br)C1(c1ccccc1)c1ccccc1. The topological polar surface area (TPSA) is 0 Å². The maximum absolute atomic E-state index is 3.97. The average molecular weight is 394 g/mol. The highest BCUT2D eigenvalue weighted by Crippen LogP contribution is 2.75. The molecule has 1 aliphatic carbocycles. The summed E-state index contributed by atoms with van der Waals surface area (Å²) in [6.07, 6.45) is 2.41. The van der Waals surface area contributed by atoms with Gasteiger partial charge < -0.3 is 0 Å². The molecule has 0 spiro atoms. The fourth-order valence-electron chi connectivity index (χ4n) is 3.52. The molecule has 2 heteroatoms. The van der Waals surface area contributed by atoms with E-state index in [9.17, 15) is 0 Å². The first kappa shape index (κ1) is 14.3. The fraction of sp³-hybridized carbons (Fsp3) is 0.333. The summed E-state index contributed by atoms with van der Waals surface area (Å²) < 4.78 is -0.0360. The molecule has 1 saturated carbocycles. The van der Waals surface area contributed by atoms with E-state index in [1.54, 1.807) is 0 Å². The van der Waals surface area contributed by atoms with Crippen molar-refractivity contribution < 1.29 is 0 Å². The molecule has 1 fully saturated rings. The molecule has 0 amide bonds. The van der Waals surface area contributed by atoms with Gasteiger partial charge in [-0.1, -0.05) is 106 Å². The van der Waals surface area contributed by atoms with Crippen molar-refractivity contribution in [3.05, 3.63) is 71.8 Å². The number of hydrogen-bond acceptors (Lipinski definition) is 0. The smallest absolute Gasteiger partial charge is 0.0710 e. The molecule has 2 aromatic rings. The Kier molecular flexibility index (Phi) is 3.81. The van der Waals surface area contributed by atoms with Gasteiger partial charge in [-0.25, -0.2) is 0 Å². The van der Waals surface area contributed by atoms with Crippen molar-refractivity contribution in [2.24, 2.45) is 5.92 Å². The Morgan fingerprint density at radius 1 is 0.850 bits per heavy atom. The summed E-state index contributed by atoms with van der Waals surface area (Å²) in [7, 11) is 0. The van der Waals surface area contributed by atoms with Gasteiger partial charge in [-0.3, -0.25) is 0 Å². The first-order valence-electron chi connectivity index (χ1n) is 7.14. The summed E-state index contributed by atoms with van der Waals surface area (Å²) in [5.74, 6) is 0.574. The van der Waals surface area contributed by atoms with Crippen LogP contribution >= 0.6 is 31.9 Å². The second kappa shape index (κ2) is 5.31. The molecule has 0 radical (unpaired) electrons. The normalized spacial score (nSPS) is 22.4. The molecule has 0 N–H and O–H groups in total. The summed E-state index contributed by atoms with van der Waals surface area (Å²) in [5, 5.41) is 0. The van der Waals surface area contributed by atoms with Gasteiger partial charge in [0.2, 0.25) is 0 Å². The molecule has 0 heterocycles. The quantitative estimate of drug-likeness (QED) is 0.568. The highest BCUT2D eigenvalue weighted by Gasteiger charge is 2.75. The van der Waals surface area contributed by atoms with Gasteiger partial charge in [0.1, 0.15) is 0 Å². The molecule has 1 unspecified atom stereocenters. The molecular weight excluding hydrogens is 376 g/mol. The first-order chi connectivity index (χ1) is 9.65. The van der Waals surface area contributed by atoms with Crippen LogP contribution in [0, 0.1) is 5.92 Å². The van der Waals surface area contributed by atoms with Crippen molar-refractivity contribution in [2.45, 2.75) is 28.4 Å². The summed E-state index contributed by atoms with van der Waals surface area (Å²) in [6.45, 7) is 2.26. The predicted molar refractivity (Wildman–Crippen MR) is 92.6 cm³/mol. The third-order valence-electron chi connectivity index (χ3n) is 4.44. The van der Waals surface area contributed by atoms with E-state index in [2.05, 4.69) is 99.4 Å². The maximum Gasteiger partial charge on any atom is 0.0985 e. The van der Waals surface area contributed by atoms with Crippen LogP contribution in [0.1, 0.15) is 30.9 Å². The Hall–Kier alpha value is -0.600. The van der Waals surface area contributed by atoms with Crippen LogP contribution in [0.3, 0.4) is 0 Å². The van der Waals surface area contributed by atoms with Crippen LogP contribution in [0.25, 0.3) is 0 Å². The van der Waals surface area contributed by atoms with Gasteiger partial charge in [0.15, 0.2) is 0 Å². The van der Waals surface area contributed by atoms with Gasteiger partial charge >= 0.3 is 0 Å². The van der Waals surface area contributed by atoms with Crippen LogP contribution in [-0.2, 0) is 5.41 Å². The van der Waals surface area contributed by atoms with Crippen LogP contribution in [0.2, 0.25) is 0 Å². The molecule has 104 valence electrons. The molecule has 2 aromatic carbocycles. The summed E-state index contributed by atoms with van der Waals surface area (Å²) >= 11 is 7.93. The molecule has 0 aliphatic heterocycles. The summed E-state index contributed by atoms with van der Waals surface area (Å²) in [4.78, 5) is 0. The second-order valence-electron chi connectivity index (χ2n) is 5.50. The van der Waals surface area contributed by atoms with Crippen LogP contribution in [0.5, 0.6) is 0 Å². The molecule has 3 rings (SSSR count). The Morgan fingerprint density at radius 2 is 1.30 bits per heavy atom. The Balaban J connectivity index is 2.16. The van der Waals surface area contributed by atoms with Crippen molar-refractivity contribution in [3.63, 3.8) is 0 Å². The fourth-order valence-corrected chi connectivity index (χ4v) is 5.90. The van der Waals surface area contributed by atoms with Gasteiger partial charge in [0, 0.05) is 5.92 Å². The zero-order chi connectivity index (χ0) is 14.2. The van der Waals surface area contributed by atoms with E-state index in [-0.39, 0.29) is 8.65 Å². The van der Waals surface area contributed by atoms with Crippen LogP contribution < -0.4 is 0 Å². The third-order valence-corrected chi connectivity index (χ3v) is 6.79. The lowest BCUT2D eigenvalue weighted by Gasteiger charge is -2.20. The lowest BCUT2D eigenvalue weighted by Crippen LogP contribution is -2.17. The zero-order valence-electron chi connectivity index (χ0n) is 11.5. The van der Waals surface area contributed by atoms with Crippen molar-refractivity contribution >= 4 is 31.9 Å². The van der Waals surface area contributed by atoms with Gasteiger partial charge in [-0.05, 0) is 17.5 Å². The minimum absolute atomic E-state index is 0.0333. The lowest BCUT2D eigenvalue weighted by molar-refractivity contribution is 0.628. The zero-order valence-corrected chi connectivity index (χ0v) is 14.7. The molecule has 1 atom stereocenters. The van der Waals surface area contributed by atoms with E-state index in [0.717, 1.165) is 0 Å². The van der Waals surface area contributed by atoms with Gasteiger partial charge in [0.05, 0.1) is 8.65 Å². The maximum atomic E-state index is 3.97. The number of halogens is 2.